The van der Waals surface area contributed by atoms with E-state index in [1.165, 1.54) is 29.4 Å². The van der Waals surface area contributed by atoms with Gasteiger partial charge in [-0.1, -0.05) is 60.1 Å². The molecule has 3 aromatic carbocycles. The summed E-state index contributed by atoms with van der Waals surface area (Å²) in [5.41, 5.74) is 4.48. The van der Waals surface area contributed by atoms with Crippen molar-refractivity contribution in [2.24, 2.45) is 0 Å². The van der Waals surface area contributed by atoms with Gasteiger partial charge in [0.2, 0.25) is 0 Å². The lowest BCUT2D eigenvalue weighted by molar-refractivity contribution is 0.0697. The lowest BCUT2D eigenvalue weighted by atomic mass is 9.98. The van der Waals surface area contributed by atoms with Crippen molar-refractivity contribution in [3.05, 3.63) is 113 Å². The van der Waals surface area contributed by atoms with Gasteiger partial charge in [-0.2, -0.15) is 0 Å². The van der Waals surface area contributed by atoms with Gasteiger partial charge in [0.05, 0.1) is 24.1 Å². The van der Waals surface area contributed by atoms with E-state index in [-0.39, 0.29) is 30.3 Å². The summed E-state index contributed by atoms with van der Waals surface area (Å²) in [5.74, 6) is -0.826. The van der Waals surface area contributed by atoms with E-state index in [0.29, 0.717) is 10.8 Å². The van der Waals surface area contributed by atoms with Crippen molar-refractivity contribution in [1.29, 1.82) is 0 Å². The van der Waals surface area contributed by atoms with E-state index >= 15 is 0 Å². The Morgan fingerprint density at radius 1 is 0.941 bits per heavy atom. The Hall–Kier alpha value is -4.03. The van der Waals surface area contributed by atoms with Crippen molar-refractivity contribution in [3.63, 3.8) is 0 Å². The van der Waals surface area contributed by atoms with Crippen LogP contribution in [0.4, 0.5) is 10.5 Å². The van der Waals surface area contributed by atoms with E-state index in [9.17, 15) is 14.7 Å². The Morgan fingerprint density at radius 2 is 1.62 bits per heavy atom. The fourth-order valence-corrected chi connectivity index (χ4v) is 4.55. The first-order chi connectivity index (χ1) is 16.5. The standard InChI is InChI=1S/C27H20ClNO5/c28-17-11-12-23(26(30)31)25(14-17)29(15-18-6-5-13-33-18)27(32)34-16-24-21-9-3-1-7-19(21)20-8-2-4-10-22(20)24/h1-14,24H,15-16H2,(H,30,31). The Bertz CT molecular complexity index is 1320. The van der Waals surface area contributed by atoms with Crippen LogP contribution in [0.1, 0.15) is 33.2 Å². The maximum absolute atomic E-state index is 13.4. The molecule has 6 nitrogen and oxygen atoms in total. The number of rotatable bonds is 6. The molecule has 170 valence electrons. The van der Waals surface area contributed by atoms with Crippen LogP contribution in [0.25, 0.3) is 11.1 Å². The van der Waals surface area contributed by atoms with Gasteiger partial charge in [-0.05, 0) is 52.6 Å². The van der Waals surface area contributed by atoms with Crippen molar-refractivity contribution < 1.29 is 23.8 Å². The molecule has 0 aliphatic heterocycles. The second kappa shape index (κ2) is 9.08. The van der Waals surface area contributed by atoms with Crippen LogP contribution in [0.5, 0.6) is 0 Å². The van der Waals surface area contributed by atoms with Gasteiger partial charge in [-0.3, -0.25) is 4.90 Å². The van der Waals surface area contributed by atoms with Gasteiger partial charge < -0.3 is 14.3 Å². The van der Waals surface area contributed by atoms with Gasteiger partial charge in [-0.25, -0.2) is 9.59 Å². The molecular formula is C27H20ClNO5. The lowest BCUT2D eigenvalue weighted by Crippen LogP contribution is -2.33. The predicted octanol–water partition coefficient (Wildman–Crippen LogP) is 6.59. The first-order valence-corrected chi connectivity index (χ1v) is 11.1. The zero-order valence-electron chi connectivity index (χ0n) is 18.0. The summed E-state index contributed by atoms with van der Waals surface area (Å²) in [6.07, 6.45) is 0.796. The lowest BCUT2D eigenvalue weighted by Gasteiger charge is -2.24. The van der Waals surface area contributed by atoms with Crippen LogP contribution < -0.4 is 4.90 Å². The number of aromatic carboxylic acids is 1. The highest BCUT2D eigenvalue weighted by molar-refractivity contribution is 6.31. The summed E-state index contributed by atoms with van der Waals surface area (Å²) in [5, 5.41) is 9.99. The number of halogens is 1. The fourth-order valence-electron chi connectivity index (χ4n) is 4.39. The fraction of sp³-hybridized carbons (Fsp3) is 0.111. The SMILES string of the molecule is O=C(O)c1ccc(Cl)cc1N(Cc1ccco1)C(=O)OCC1c2ccccc2-c2ccccc21. The number of furan rings is 1. The number of benzene rings is 3. The van der Waals surface area contributed by atoms with E-state index in [1.54, 1.807) is 12.1 Å². The molecule has 1 amide bonds. The van der Waals surface area contributed by atoms with Crippen LogP contribution in [0.2, 0.25) is 5.02 Å². The number of hydrogen-bond acceptors (Lipinski definition) is 4. The molecule has 1 aliphatic carbocycles. The average Bonchev–Trinajstić information content (AvgIpc) is 3.47. The molecular weight excluding hydrogens is 454 g/mol. The first-order valence-electron chi connectivity index (χ1n) is 10.7. The van der Waals surface area contributed by atoms with E-state index < -0.39 is 12.1 Å². The second-order valence-corrected chi connectivity index (χ2v) is 8.37. The highest BCUT2D eigenvalue weighted by atomic mass is 35.5. The van der Waals surface area contributed by atoms with Gasteiger partial charge in [0.25, 0.3) is 0 Å². The Labute approximate surface area is 201 Å². The number of amides is 1. The summed E-state index contributed by atoms with van der Waals surface area (Å²) in [4.78, 5) is 26.5. The quantitative estimate of drug-likeness (QED) is 0.342. The number of hydrogen-bond donors (Lipinski definition) is 1. The Balaban J connectivity index is 1.46. The van der Waals surface area contributed by atoms with Crippen LogP contribution >= 0.6 is 11.6 Å². The molecule has 1 heterocycles. The Morgan fingerprint density at radius 3 is 2.24 bits per heavy atom. The monoisotopic (exact) mass is 473 g/mol. The van der Waals surface area contributed by atoms with Crippen molar-refractivity contribution in [2.75, 3.05) is 11.5 Å². The largest absolute Gasteiger partial charge is 0.478 e. The van der Waals surface area contributed by atoms with E-state index in [1.807, 2.05) is 36.4 Å². The minimum absolute atomic E-state index is 0.00963. The zero-order chi connectivity index (χ0) is 23.7. The predicted molar refractivity (Wildman–Crippen MR) is 128 cm³/mol. The third-order valence-electron chi connectivity index (χ3n) is 5.93. The highest BCUT2D eigenvalue weighted by Gasteiger charge is 2.31. The van der Waals surface area contributed by atoms with Crippen molar-refractivity contribution in [2.45, 2.75) is 12.5 Å². The summed E-state index contributed by atoms with van der Waals surface area (Å²) < 4.78 is 11.2. The molecule has 0 unspecified atom stereocenters. The molecule has 1 N–H and O–H groups in total. The van der Waals surface area contributed by atoms with Crippen LogP contribution in [0.3, 0.4) is 0 Å². The number of nitrogens with zero attached hydrogens (tertiary/aromatic N) is 1. The molecule has 1 aliphatic rings. The van der Waals surface area contributed by atoms with Gasteiger partial charge in [-0.15, -0.1) is 0 Å². The van der Waals surface area contributed by atoms with Gasteiger partial charge >= 0.3 is 12.1 Å². The molecule has 7 heteroatoms. The van der Waals surface area contributed by atoms with Gasteiger partial charge in [0.15, 0.2) is 0 Å². The van der Waals surface area contributed by atoms with Crippen molar-refractivity contribution in [1.82, 2.24) is 0 Å². The third kappa shape index (κ3) is 4.04. The van der Waals surface area contributed by atoms with Crippen molar-refractivity contribution >= 4 is 29.4 Å². The van der Waals surface area contributed by atoms with Crippen LogP contribution in [0, 0.1) is 0 Å². The smallest absolute Gasteiger partial charge is 0.414 e. The molecule has 0 atom stereocenters. The molecule has 1 aromatic heterocycles. The zero-order valence-corrected chi connectivity index (χ0v) is 18.7. The van der Waals surface area contributed by atoms with Crippen LogP contribution in [-0.2, 0) is 11.3 Å². The number of carboxylic acid groups (broad SMARTS) is 1. The maximum Gasteiger partial charge on any atom is 0.414 e. The number of fused-ring (bicyclic) bond motifs is 3. The number of carbonyl (C=O) groups excluding carboxylic acids is 1. The van der Waals surface area contributed by atoms with E-state index in [4.69, 9.17) is 20.8 Å². The van der Waals surface area contributed by atoms with Gasteiger partial charge in [0, 0.05) is 10.9 Å². The third-order valence-corrected chi connectivity index (χ3v) is 6.17. The highest BCUT2D eigenvalue weighted by Crippen LogP contribution is 2.44. The molecule has 0 fully saturated rings. The molecule has 0 bridgehead atoms. The minimum atomic E-state index is -1.18. The minimum Gasteiger partial charge on any atom is -0.478 e. The summed E-state index contributed by atoms with van der Waals surface area (Å²) in [6, 6.07) is 23.8. The molecule has 5 rings (SSSR count). The molecule has 0 spiro atoms. The number of carboxylic acids is 1. The van der Waals surface area contributed by atoms with Gasteiger partial charge in [0.1, 0.15) is 12.4 Å². The average molecular weight is 474 g/mol. The summed E-state index contributed by atoms with van der Waals surface area (Å²) in [6.45, 7) is 0.0920. The maximum atomic E-state index is 13.4. The summed E-state index contributed by atoms with van der Waals surface area (Å²) >= 11 is 6.15. The second-order valence-electron chi connectivity index (χ2n) is 7.94. The van der Waals surface area contributed by atoms with Crippen LogP contribution in [-0.4, -0.2) is 23.8 Å². The molecule has 4 aromatic rings. The molecule has 0 radical (unpaired) electrons. The molecule has 0 saturated heterocycles. The molecule has 0 saturated carbocycles. The van der Waals surface area contributed by atoms with E-state index in [0.717, 1.165) is 22.3 Å². The normalized spacial score (nSPS) is 12.1. The summed E-state index contributed by atoms with van der Waals surface area (Å²) in [7, 11) is 0. The number of carbonyl (C=O) groups is 2. The van der Waals surface area contributed by atoms with Crippen LogP contribution in [0.15, 0.2) is 89.5 Å². The number of ether oxygens (including phenoxy) is 1. The molecule has 34 heavy (non-hydrogen) atoms. The first kappa shape index (κ1) is 21.8. The van der Waals surface area contributed by atoms with E-state index in [2.05, 4.69) is 12.1 Å². The Kier molecular flexibility index (Phi) is 5.82. The number of anilines is 1. The van der Waals surface area contributed by atoms with Crippen molar-refractivity contribution in [3.8, 4) is 11.1 Å². The topological polar surface area (TPSA) is 80.0 Å².